The number of piperidine rings is 1. The van der Waals surface area contributed by atoms with Crippen LogP contribution >= 0.6 is 0 Å². The maximum absolute atomic E-state index is 11.0. The number of carboxylic acids is 1. The third kappa shape index (κ3) is 1.67. The lowest BCUT2D eigenvalue weighted by atomic mass is 9.89. The molecule has 5 heteroatoms. The molecule has 0 aliphatic carbocycles. The molecule has 1 aliphatic heterocycles. The number of rotatable bonds is 3. The first-order valence-corrected chi connectivity index (χ1v) is 4.19. The summed E-state index contributed by atoms with van der Waals surface area (Å²) in [6, 6.07) is 0. The van der Waals surface area contributed by atoms with Gasteiger partial charge in [0.1, 0.15) is 6.10 Å². The molecule has 0 radical (unpaired) electrons. The van der Waals surface area contributed by atoms with Crippen LogP contribution in [0.15, 0.2) is 0 Å². The minimum Gasteiger partial charge on any atom is -0.479 e. The molecule has 0 bridgehead atoms. The van der Waals surface area contributed by atoms with Gasteiger partial charge in [-0.05, 0) is 6.54 Å². The molecule has 0 unspecified atom stereocenters. The van der Waals surface area contributed by atoms with Gasteiger partial charge in [-0.25, -0.2) is 4.79 Å². The fourth-order valence-corrected chi connectivity index (χ4v) is 1.67. The molecule has 1 saturated heterocycles. The third-order valence-electron chi connectivity index (χ3n) is 2.53. The summed E-state index contributed by atoms with van der Waals surface area (Å²) in [6.45, 7) is 1.15. The van der Waals surface area contributed by atoms with Crippen molar-refractivity contribution in [2.75, 3.05) is 27.3 Å². The van der Waals surface area contributed by atoms with Gasteiger partial charge in [0.2, 0.25) is 0 Å². The van der Waals surface area contributed by atoms with E-state index in [9.17, 15) is 4.79 Å². The minimum absolute atomic E-state index is 0.427. The number of nitrogens with one attached hydrogen (secondary N) is 1. The van der Waals surface area contributed by atoms with Crippen molar-refractivity contribution in [3.63, 3.8) is 0 Å². The van der Waals surface area contributed by atoms with Crippen molar-refractivity contribution in [1.29, 1.82) is 0 Å². The molecular weight excluding hydrogens is 174 g/mol. The Bertz CT molecular complexity index is 197. The van der Waals surface area contributed by atoms with Crippen LogP contribution in [0.1, 0.15) is 6.42 Å². The second-order valence-electron chi connectivity index (χ2n) is 3.08. The van der Waals surface area contributed by atoms with E-state index in [1.54, 1.807) is 0 Å². The van der Waals surface area contributed by atoms with Gasteiger partial charge in [0.15, 0.2) is 5.60 Å². The number of hydrogen-bond acceptors (Lipinski definition) is 4. The molecular formula is C8H15NO4. The number of carbonyl (C=O) groups is 1. The van der Waals surface area contributed by atoms with E-state index in [2.05, 4.69) is 5.32 Å². The van der Waals surface area contributed by atoms with Crippen LogP contribution in [0.4, 0.5) is 0 Å². The Labute approximate surface area is 77.0 Å². The minimum atomic E-state index is -1.18. The van der Waals surface area contributed by atoms with Crippen molar-refractivity contribution >= 4 is 5.97 Å². The van der Waals surface area contributed by atoms with Crippen LogP contribution < -0.4 is 5.32 Å². The quantitative estimate of drug-likeness (QED) is 0.624. The normalized spacial score (nSPS) is 34.5. The summed E-state index contributed by atoms with van der Waals surface area (Å²) in [5.41, 5.74) is -1.18. The summed E-state index contributed by atoms with van der Waals surface area (Å²) < 4.78 is 10.2. The lowest BCUT2D eigenvalue weighted by molar-refractivity contribution is -0.185. The Balaban J connectivity index is 2.84. The van der Waals surface area contributed by atoms with E-state index in [0.717, 1.165) is 0 Å². The Morgan fingerprint density at radius 2 is 2.31 bits per heavy atom. The summed E-state index contributed by atoms with van der Waals surface area (Å²) >= 11 is 0. The van der Waals surface area contributed by atoms with E-state index in [-0.39, 0.29) is 0 Å². The Morgan fingerprint density at radius 1 is 1.62 bits per heavy atom. The van der Waals surface area contributed by atoms with Crippen molar-refractivity contribution in [1.82, 2.24) is 5.32 Å². The van der Waals surface area contributed by atoms with Crippen LogP contribution in [0.3, 0.4) is 0 Å². The van der Waals surface area contributed by atoms with Gasteiger partial charge in [-0.3, -0.25) is 0 Å². The first kappa shape index (κ1) is 10.4. The van der Waals surface area contributed by atoms with Crippen molar-refractivity contribution in [2.45, 2.75) is 18.1 Å². The highest BCUT2D eigenvalue weighted by molar-refractivity contribution is 5.78. The summed E-state index contributed by atoms with van der Waals surface area (Å²) in [7, 11) is 2.90. The first-order chi connectivity index (χ1) is 6.17. The largest absolute Gasteiger partial charge is 0.479 e. The van der Waals surface area contributed by atoms with Crippen LogP contribution in [-0.4, -0.2) is 50.1 Å². The number of carboxylic acid groups (broad SMARTS) is 1. The van der Waals surface area contributed by atoms with Crippen molar-refractivity contribution in [2.24, 2.45) is 0 Å². The molecule has 13 heavy (non-hydrogen) atoms. The predicted octanol–water partition coefficient (Wildman–Crippen LogP) is -0.535. The molecule has 0 aromatic rings. The summed E-state index contributed by atoms with van der Waals surface area (Å²) in [5, 5.41) is 12.1. The molecule has 76 valence electrons. The van der Waals surface area contributed by atoms with Gasteiger partial charge >= 0.3 is 5.97 Å². The fourth-order valence-electron chi connectivity index (χ4n) is 1.67. The van der Waals surface area contributed by atoms with E-state index in [1.165, 1.54) is 14.2 Å². The van der Waals surface area contributed by atoms with Crippen molar-refractivity contribution < 1.29 is 19.4 Å². The van der Waals surface area contributed by atoms with Gasteiger partial charge in [0.25, 0.3) is 0 Å². The molecule has 0 aromatic carbocycles. The molecule has 2 N–H and O–H groups in total. The smallest absolute Gasteiger partial charge is 0.338 e. The highest BCUT2D eigenvalue weighted by atomic mass is 16.6. The SMILES string of the molecule is CO[C@@H]1CNCC[C@@]1(OC)C(=O)O. The van der Waals surface area contributed by atoms with E-state index in [4.69, 9.17) is 14.6 Å². The van der Waals surface area contributed by atoms with Crippen molar-refractivity contribution in [3.05, 3.63) is 0 Å². The first-order valence-electron chi connectivity index (χ1n) is 4.19. The standard InChI is InChI=1S/C8H15NO4/c1-12-6-5-9-4-3-8(6,13-2)7(10)11/h6,9H,3-5H2,1-2H3,(H,10,11)/t6-,8+/m1/s1. The van der Waals surface area contributed by atoms with Gasteiger partial charge in [-0.1, -0.05) is 0 Å². The summed E-state index contributed by atoms with van der Waals surface area (Å²) in [4.78, 5) is 11.0. The molecule has 0 amide bonds. The molecule has 1 aliphatic rings. The molecule has 1 fully saturated rings. The maximum atomic E-state index is 11.0. The second-order valence-corrected chi connectivity index (χ2v) is 3.08. The van der Waals surface area contributed by atoms with Gasteiger partial charge < -0.3 is 19.9 Å². The van der Waals surface area contributed by atoms with E-state index in [0.29, 0.717) is 19.5 Å². The van der Waals surface area contributed by atoms with Gasteiger partial charge in [0.05, 0.1) is 0 Å². The van der Waals surface area contributed by atoms with Gasteiger partial charge in [-0.2, -0.15) is 0 Å². The summed E-state index contributed by atoms with van der Waals surface area (Å²) in [6.07, 6.45) is 0.000833. The Morgan fingerprint density at radius 3 is 2.69 bits per heavy atom. The summed E-state index contributed by atoms with van der Waals surface area (Å²) in [5.74, 6) is -0.955. The van der Waals surface area contributed by atoms with E-state index < -0.39 is 17.7 Å². The average Bonchev–Trinajstić information content (AvgIpc) is 2.17. The predicted molar refractivity (Wildman–Crippen MR) is 45.7 cm³/mol. The zero-order valence-corrected chi connectivity index (χ0v) is 7.87. The molecule has 0 saturated carbocycles. The Hall–Kier alpha value is -0.650. The molecule has 1 rings (SSSR count). The molecule has 2 atom stereocenters. The molecule has 1 heterocycles. The highest BCUT2D eigenvalue weighted by Gasteiger charge is 2.48. The van der Waals surface area contributed by atoms with Crippen LogP contribution in [0.25, 0.3) is 0 Å². The number of methoxy groups -OCH3 is 2. The number of aliphatic carboxylic acids is 1. The molecule has 0 spiro atoms. The van der Waals surface area contributed by atoms with Crippen LogP contribution in [0.5, 0.6) is 0 Å². The second kappa shape index (κ2) is 4.04. The zero-order chi connectivity index (χ0) is 9.90. The molecule has 5 nitrogen and oxygen atoms in total. The lowest BCUT2D eigenvalue weighted by Crippen LogP contribution is -2.60. The Kier molecular flexibility index (Phi) is 3.24. The lowest BCUT2D eigenvalue weighted by Gasteiger charge is -2.38. The van der Waals surface area contributed by atoms with E-state index >= 15 is 0 Å². The van der Waals surface area contributed by atoms with Crippen LogP contribution in [0.2, 0.25) is 0 Å². The molecule has 0 aromatic heterocycles. The van der Waals surface area contributed by atoms with Crippen LogP contribution in [-0.2, 0) is 14.3 Å². The van der Waals surface area contributed by atoms with Crippen molar-refractivity contribution in [3.8, 4) is 0 Å². The van der Waals surface area contributed by atoms with Crippen LogP contribution in [0, 0.1) is 0 Å². The average molecular weight is 189 g/mol. The highest BCUT2D eigenvalue weighted by Crippen LogP contribution is 2.25. The monoisotopic (exact) mass is 189 g/mol. The number of ether oxygens (including phenoxy) is 2. The van der Waals surface area contributed by atoms with E-state index in [1.807, 2.05) is 0 Å². The third-order valence-corrected chi connectivity index (χ3v) is 2.53. The van der Waals surface area contributed by atoms with Gasteiger partial charge in [-0.15, -0.1) is 0 Å². The maximum Gasteiger partial charge on any atom is 0.338 e. The fraction of sp³-hybridized carbons (Fsp3) is 0.875. The number of hydrogen-bond donors (Lipinski definition) is 2. The van der Waals surface area contributed by atoms with Gasteiger partial charge in [0, 0.05) is 27.2 Å². The topological polar surface area (TPSA) is 67.8 Å². The zero-order valence-electron chi connectivity index (χ0n) is 7.87.